The Morgan fingerprint density at radius 2 is 2.14 bits per heavy atom. The SMILES string of the molecule is Cc1cccc2c1C(O)CCS2(=O)=O. The number of sulfone groups is 1. The fourth-order valence-electron chi connectivity index (χ4n) is 1.87. The lowest BCUT2D eigenvalue weighted by molar-refractivity contribution is 0.167. The lowest BCUT2D eigenvalue weighted by atomic mass is 10.0. The molecule has 1 aliphatic rings. The van der Waals surface area contributed by atoms with E-state index in [1.807, 2.05) is 13.0 Å². The Bertz CT molecular complexity index is 462. The second-order valence-corrected chi connectivity index (χ2v) is 5.69. The first-order valence-electron chi connectivity index (χ1n) is 4.53. The predicted octanol–water partition coefficient (Wildman–Crippen LogP) is 1.21. The Balaban J connectivity index is 2.75. The number of hydrogen-bond donors (Lipinski definition) is 1. The maximum atomic E-state index is 11.7. The Labute approximate surface area is 83.3 Å². The molecule has 0 aliphatic carbocycles. The molecule has 0 amide bonds. The molecule has 0 radical (unpaired) electrons. The third-order valence-corrected chi connectivity index (χ3v) is 4.41. The summed E-state index contributed by atoms with van der Waals surface area (Å²) in [6, 6.07) is 5.10. The number of fused-ring (bicyclic) bond motifs is 1. The smallest absolute Gasteiger partial charge is 0.178 e. The van der Waals surface area contributed by atoms with Gasteiger partial charge in [0.05, 0.1) is 16.8 Å². The van der Waals surface area contributed by atoms with Crippen LogP contribution >= 0.6 is 0 Å². The Morgan fingerprint density at radius 1 is 1.43 bits per heavy atom. The van der Waals surface area contributed by atoms with Crippen LogP contribution in [0.15, 0.2) is 23.1 Å². The highest BCUT2D eigenvalue weighted by Crippen LogP contribution is 2.33. The van der Waals surface area contributed by atoms with Crippen LogP contribution in [0, 0.1) is 6.92 Å². The minimum Gasteiger partial charge on any atom is -0.388 e. The minimum atomic E-state index is -3.16. The van der Waals surface area contributed by atoms with Crippen molar-refractivity contribution in [2.24, 2.45) is 0 Å². The van der Waals surface area contributed by atoms with E-state index in [4.69, 9.17) is 0 Å². The van der Waals surface area contributed by atoms with Gasteiger partial charge in [0, 0.05) is 5.56 Å². The van der Waals surface area contributed by atoms with Crippen LogP contribution in [0.25, 0.3) is 0 Å². The summed E-state index contributed by atoms with van der Waals surface area (Å²) < 4.78 is 23.3. The van der Waals surface area contributed by atoms with E-state index in [0.717, 1.165) is 5.56 Å². The van der Waals surface area contributed by atoms with Crippen LogP contribution in [-0.4, -0.2) is 19.3 Å². The van der Waals surface area contributed by atoms with Crippen molar-refractivity contribution in [1.29, 1.82) is 0 Å². The Kier molecular flexibility index (Phi) is 2.12. The first-order valence-corrected chi connectivity index (χ1v) is 6.18. The van der Waals surface area contributed by atoms with Crippen LogP contribution in [0.3, 0.4) is 0 Å². The number of benzene rings is 1. The molecule has 0 spiro atoms. The van der Waals surface area contributed by atoms with Gasteiger partial charge in [-0.1, -0.05) is 12.1 Å². The molecule has 2 rings (SSSR count). The van der Waals surface area contributed by atoms with E-state index in [9.17, 15) is 13.5 Å². The largest absolute Gasteiger partial charge is 0.388 e. The average Bonchev–Trinajstić information content (AvgIpc) is 2.12. The molecule has 1 aliphatic heterocycles. The number of aliphatic hydroxyl groups excluding tert-OH is 1. The van der Waals surface area contributed by atoms with E-state index in [2.05, 4.69) is 0 Å². The number of rotatable bonds is 0. The molecule has 3 nitrogen and oxygen atoms in total. The van der Waals surface area contributed by atoms with Gasteiger partial charge in [-0.2, -0.15) is 0 Å². The Hall–Kier alpha value is -0.870. The zero-order valence-corrected chi connectivity index (χ0v) is 8.71. The fraction of sp³-hybridized carbons (Fsp3) is 0.400. The molecular weight excluding hydrogens is 200 g/mol. The lowest BCUT2D eigenvalue weighted by Gasteiger charge is -2.22. The normalized spacial score (nSPS) is 24.3. The summed E-state index contributed by atoms with van der Waals surface area (Å²) in [7, 11) is -3.16. The topological polar surface area (TPSA) is 54.4 Å². The Morgan fingerprint density at radius 3 is 2.79 bits per heavy atom. The molecule has 0 saturated heterocycles. The van der Waals surface area contributed by atoms with Gasteiger partial charge in [-0.05, 0) is 25.0 Å². The molecule has 4 heteroatoms. The van der Waals surface area contributed by atoms with Crippen LogP contribution in [-0.2, 0) is 9.84 Å². The highest BCUT2D eigenvalue weighted by molar-refractivity contribution is 7.91. The van der Waals surface area contributed by atoms with Gasteiger partial charge in [0.25, 0.3) is 0 Å². The first-order chi connectivity index (χ1) is 6.52. The maximum absolute atomic E-state index is 11.7. The van der Waals surface area contributed by atoms with Crippen molar-refractivity contribution in [3.8, 4) is 0 Å². The van der Waals surface area contributed by atoms with Crippen LogP contribution in [0.1, 0.15) is 23.7 Å². The van der Waals surface area contributed by atoms with E-state index < -0.39 is 15.9 Å². The monoisotopic (exact) mass is 212 g/mol. The second-order valence-electron chi connectivity index (χ2n) is 3.61. The summed E-state index contributed by atoms with van der Waals surface area (Å²) in [4.78, 5) is 0.302. The van der Waals surface area contributed by atoms with Crippen LogP contribution in [0.5, 0.6) is 0 Å². The molecule has 0 bridgehead atoms. The van der Waals surface area contributed by atoms with E-state index in [1.165, 1.54) is 0 Å². The molecule has 1 heterocycles. The van der Waals surface area contributed by atoms with Gasteiger partial charge in [0.2, 0.25) is 0 Å². The molecule has 14 heavy (non-hydrogen) atoms. The van der Waals surface area contributed by atoms with Crippen molar-refractivity contribution in [1.82, 2.24) is 0 Å². The maximum Gasteiger partial charge on any atom is 0.178 e. The highest BCUT2D eigenvalue weighted by atomic mass is 32.2. The summed E-state index contributed by atoms with van der Waals surface area (Å²) in [6.45, 7) is 1.82. The summed E-state index contributed by atoms with van der Waals surface area (Å²) >= 11 is 0. The molecule has 1 unspecified atom stereocenters. The number of aryl methyl sites for hydroxylation is 1. The average molecular weight is 212 g/mol. The standard InChI is InChI=1S/C10H12O3S/c1-7-3-2-4-9-10(7)8(11)5-6-14(9,12)13/h2-4,8,11H,5-6H2,1H3. The van der Waals surface area contributed by atoms with Crippen molar-refractivity contribution in [2.75, 3.05) is 5.75 Å². The van der Waals surface area contributed by atoms with Crippen molar-refractivity contribution in [2.45, 2.75) is 24.3 Å². The van der Waals surface area contributed by atoms with Crippen LogP contribution in [0.2, 0.25) is 0 Å². The molecule has 1 N–H and O–H groups in total. The lowest BCUT2D eigenvalue weighted by Crippen LogP contribution is -2.20. The van der Waals surface area contributed by atoms with Gasteiger partial charge in [0.1, 0.15) is 0 Å². The zero-order valence-electron chi connectivity index (χ0n) is 7.90. The van der Waals surface area contributed by atoms with Crippen LogP contribution in [0.4, 0.5) is 0 Å². The summed E-state index contributed by atoms with van der Waals surface area (Å²) in [5.41, 5.74) is 1.43. The van der Waals surface area contributed by atoms with E-state index in [1.54, 1.807) is 12.1 Å². The van der Waals surface area contributed by atoms with Crippen molar-refractivity contribution in [3.63, 3.8) is 0 Å². The highest BCUT2D eigenvalue weighted by Gasteiger charge is 2.29. The predicted molar refractivity (Wildman–Crippen MR) is 52.8 cm³/mol. The molecule has 0 saturated carbocycles. The van der Waals surface area contributed by atoms with Crippen LogP contribution < -0.4 is 0 Å². The molecule has 1 atom stereocenters. The van der Waals surface area contributed by atoms with Gasteiger partial charge in [-0.15, -0.1) is 0 Å². The van der Waals surface area contributed by atoms with E-state index in [0.29, 0.717) is 16.9 Å². The van der Waals surface area contributed by atoms with Gasteiger partial charge in [-0.25, -0.2) is 8.42 Å². The van der Waals surface area contributed by atoms with E-state index in [-0.39, 0.29) is 5.75 Å². The third-order valence-electron chi connectivity index (χ3n) is 2.61. The van der Waals surface area contributed by atoms with Gasteiger partial charge in [0.15, 0.2) is 9.84 Å². The fourth-order valence-corrected chi connectivity index (χ4v) is 3.54. The molecule has 0 aromatic heterocycles. The summed E-state index contributed by atoms with van der Waals surface area (Å²) in [6.07, 6.45) is -0.324. The second kappa shape index (κ2) is 3.07. The summed E-state index contributed by atoms with van der Waals surface area (Å²) in [5, 5.41) is 9.71. The van der Waals surface area contributed by atoms with Gasteiger partial charge < -0.3 is 5.11 Å². The first kappa shape index (κ1) is 9.68. The zero-order chi connectivity index (χ0) is 10.3. The number of aliphatic hydroxyl groups is 1. The van der Waals surface area contributed by atoms with Crippen molar-refractivity contribution in [3.05, 3.63) is 29.3 Å². The summed E-state index contributed by atoms with van der Waals surface area (Å²) in [5.74, 6) is 0.0462. The molecular formula is C10H12O3S. The number of hydrogen-bond acceptors (Lipinski definition) is 3. The van der Waals surface area contributed by atoms with Crippen molar-refractivity contribution >= 4 is 9.84 Å². The molecule has 1 aromatic rings. The molecule has 1 aromatic carbocycles. The van der Waals surface area contributed by atoms with E-state index >= 15 is 0 Å². The third kappa shape index (κ3) is 1.35. The van der Waals surface area contributed by atoms with Gasteiger partial charge >= 0.3 is 0 Å². The molecule has 0 fully saturated rings. The quantitative estimate of drug-likeness (QED) is 0.703. The minimum absolute atomic E-state index is 0.0462. The van der Waals surface area contributed by atoms with Crippen molar-refractivity contribution < 1.29 is 13.5 Å². The molecule has 76 valence electrons. The van der Waals surface area contributed by atoms with Gasteiger partial charge in [-0.3, -0.25) is 0 Å².